The number of Topliss-reactive ketones (excluding diaryl/α,β-unsaturated/α-hetero) is 1. The smallest absolute Gasteiger partial charge is 0.350 e. The Morgan fingerprint density at radius 3 is 2.49 bits per heavy atom. The summed E-state index contributed by atoms with van der Waals surface area (Å²) in [5.74, 6) is -2.88. The number of hydrogen-bond acceptors (Lipinski definition) is 8. The van der Waals surface area contributed by atoms with Gasteiger partial charge in [0.15, 0.2) is 5.13 Å². The topological polar surface area (TPSA) is 106 Å². The summed E-state index contributed by atoms with van der Waals surface area (Å²) < 4.78 is 24.2. The monoisotopic (exact) mass is 522 g/mol. The van der Waals surface area contributed by atoms with Crippen LogP contribution in [-0.2, 0) is 14.3 Å². The number of thiazole rings is 1. The van der Waals surface area contributed by atoms with Gasteiger partial charge in [-0.3, -0.25) is 14.5 Å². The van der Waals surface area contributed by atoms with Crippen LogP contribution in [0.1, 0.15) is 39.5 Å². The van der Waals surface area contributed by atoms with Crippen LogP contribution in [0, 0.1) is 12.7 Å². The van der Waals surface area contributed by atoms with Gasteiger partial charge in [-0.05, 0) is 55.8 Å². The van der Waals surface area contributed by atoms with Crippen LogP contribution in [0.4, 0.5) is 9.52 Å². The van der Waals surface area contributed by atoms with Gasteiger partial charge in [0.05, 0.1) is 23.9 Å². The number of aliphatic hydroxyl groups excluding tert-OH is 1. The molecular weight excluding hydrogens is 499 g/mol. The standard InChI is InChI=1S/C27H23FN2O6S/c1-4-14-36-19-12-8-17(9-13-19)22(31)20-21(16-6-10-18(28)11-7-16)30(25(33)23(20)32)27-29-15(3)24(37-27)26(34)35-5-2/h4,6-13,21,31H,1,5,14H2,2-3H3/t21-/m0/s1. The number of amides is 1. The second kappa shape index (κ2) is 10.8. The summed E-state index contributed by atoms with van der Waals surface area (Å²) in [5, 5.41) is 11.3. The summed E-state index contributed by atoms with van der Waals surface area (Å²) >= 11 is 0.896. The van der Waals surface area contributed by atoms with Gasteiger partial charge in [0.1, 0.15) is 28.8 Å². The molecule has 0 saturated carbocycles. The van der Waals surface area contributed by atoms with Gasteiger partial charge >= 0.3 is 11.9 Å². The van der Waals surface area contributed by atoms with Crippen LogP contribution in [0.3, 0.4) is 0 Å². The minimum atomic E-state index is -1.11. The summed E-state index contributed by atoms with van der Waals surface area (Å²) in [6.07, 6.45) is 1.59. The first-order chi connectivity index (χ1) is 17.8. The largest absolute Gasteiger partial charge is 0.507 e. The molecule has 8 nitrogen and oxygen atoms in total. The van der Waals surface area contributed by atoms with E-state index in [-0.39, 0.29) is 27.8 Å². The van der Waals surface area contributed by atoms with E-state index in [4.69, 9.17) is 9.47 Å². The molecule has 3 aromatic rings. The molecule has 37 heavy (non-hydrogen) atoms. The zero-order valence-corrected chi connectivity index (χ0v) is 20.9. The average molecular weight is 523 g/mol. The molecule has 1 amide bonds. The van der Waals surface area contributed by atoms with Crippen molar-refractivity contribution in [3.8, 4) is 5.75 Å². The number of halogens is 1. The van der Waals surface area contributed by atoms with Crippen LogP contribution >= 0.6 is 11.3 Å². The van der Waals surface area contributed by atoms with E-state index < -0.39 is 35.3 Å². The first-order valence-corrected chi connectivity index (χ1v) is 12.1. The van der Waals surface area contributed by atoms with Gasteiger partial charge in [-0.2, -0.15) is 0 Å². The number of anilines is 1. The number of benzene rings is 2. The molecule has 2 aromatic carbocycles. The van der Waals surface area contributed by atoms with Crippen molar-refractivity contribution in [2.45, 2.75) is 19.9 Å². The van der Waals surface area contributed by atoms with Gasteiger partial charge in [-0.25, -0.2) is 14.2 Å². The van der Waals surface area contributed by atoms with E-state index in [9.17, 15) is 23.9 Å². The van der Waals surface area contributed by atoms with Crippen LogP contribution in [0.2, 0.25) is 0 Å². The zero-order chi connectivity index (χ0) is 26.7. The Morgan fingerprint density at radius 2 is 1.86 bits per heavy atom. The molecule has 1 aromatic heterocycles. The molecule has 0 spiro atoms. The molecule has 1 saturated heterocycles. The van der Waals surface area contributed by atoms with Crippen LogP contribution in [0.25, 0.3) is 5.76 Å². The number of aryl methyl sites for hydroxylation is 1. The quantitative estimate of drug-likeness (QED) is 0.147. The van der Waals surface area contributed by atoms with Gasteiger partial charge in [0.2, 0.25) is 0 Å². The van der Waals surface area contributed by atoms with Crippen molar-refractivity contribution in [3.05, 3.63) is 94.3 Å². The normalized spacial score (nSPS) is 16.6. The molecule has 2 heterocycles. The molecule has 190 valence electrons. The number of esters is 1. The van der Waals surface area contributed by atoms with Crippen molar-refractivity contribution in [1.82, 2.24) is 4.98 Å². The fraction of sp³-hybridized carbons (Fsp3) is 0.185. The highest BCUT2D eigenvalue weighted by atomic mass is 32.1. The third kappa shape index (κ3) is 5.01. The first-order valence-electron chi connectivity index (χ1n) is 11.3. The van der Waals surface area contributed by atoms with Gasteiger partial charge in [-0.15, -0.1) is 0 Å². The number of carbonyl (C=O) groups is 3. The highest BCUT2D eigenvalue weighted by Gasteiger charge is 2.48. The highest BCUT2D eigenvalue weighted by Crippen LogP contribution is 2.44. The molecule has 0 bridgehead atoms. The van der Waals surface area contributed by atoms with E-state index >= 15 is 0 Å². The third-order valence-corrected chi connectivity index (χ3v) is 6.71. The maximum absolute atomic E-state index is 13.7. The van der Waals surface area contributed by atoms with E-state index in [2.05, 4.69) is 11.6 Å². The number of ether oxygens (including phenoxy) is 2. The van der Waals surface area contributed by atoms with Crippen molar-refractivity contribution < 1.29 is 33.4 Å². The Hall–Kier alpha value is -4.31. The minimum absolute atomic E-state index is 0.0733. The molecule has 1 atom stereocenters. The summed E-state index contributed by atoms with van der Waals surface area (Å²) in [6.45, 7) is 7.30. The summed E-state index contributed by atoms with van der Waals surface area (Å²) in [5.41, 5.74) is 0.785. The van der Waals surface area contributed by atoms with Gasteiger partial charge < -0.3 is 14.6 Å². The van der Waals surface area contributed by atoms with Crippen LogP contribution in [0.5, 0.6) is 5.75 Å². The first kappa shape index (κ1) is 25.8. The van der Waals surface area contributed by atoms with Crippen LogP contribution in [0.15, 0.2) is 66.8 Å². The maximum atomic E-state index is 13.7. The van der Waals surface area contributed by atoms with E-state index in [1.165, 1.54) is 24.3 Å². The SMILES string of the molecule is C=CCOc1ccc(C(O)=C2C(=O)C(=O)N(c3nc(C)c(C(=O)OCC)s3)[C@H]2c2ccc(F)cc2)cc1. The van der Waals surface area contributed by atoms with Crippen molar-refractivity contribution in [2.24, 2.45) is 0 Å². The van der Waals surface area contributed by atoms with Crippen molar-refractivity contribution in [1.29, 1.82) is 0 Å². The highest BCUT2D eigenvalue weighted by molar-refractivity contribution is 7.17. The molecule has 0 aliphatic carbocycles. The molecule has 10 heteroatoms. The van der Waals surface area contributed by atoms with E-state index in [1.807, 2.05) is 0 Å². The van der Waals surface area contributed by atoms with Crippen LogP contribution in [-0.4, -0.2) is 41.0 Å². The van der Waals surface area contributed by atoms with E-state index in [0.29, 0.717) is 23.6 Å². The predicted molar refractivity (Wildman–Crippen MR) is 136 cm³/mol. The molecule has 1 fully saturated rings. The summed E-state index contributed by atoms with van der Waals surface area (Å²) in [4.78, 5) is 44.5. The second-order valence-electron chi connectivity index (χ2n) is 7.98. The Balaban J connectivity index is 1.84. The van der Waals surface area contributed by atoms with Crippen molar-refractivity contribution in [3.63, 3.8) is 0 Å². The Labute approximate surface area is 216 Å². The molecule has 0 unspecified atom stereocenters. The third-order valence-electron chi connectivity index (χ3n) is 5.58. The van der Waals surface area contributed by atoms with E-state index in [0.717, 1.165) is 16.2 Å². The zero-order valence-electron chi connectivity index (χ0n) is 20.1. The van der Waals surface area contributed by atoms with Crippen LogP contribution < -0.4 is 9.64 Å². The number of ketones is 1. The number of rotatable bonds is 8. The van der Waals surface area contributed by atoms with Gasteiger partial charge in [-0.1, -0.05) is 36.1 Å². The molecule has 0 radical (unpaired) electrons. The summed E-state index contributed by atoms with van der Waals surface area (Å²) in [6, 6.07) is 10.4. The summed E-state index contributed by atoms with van der Waals surface area (Å²) in [7, 11) is 0. The Morgan fingerprint density at radius 1 is 1.19 bits per heavy atom. The minimum Gasteiger partial charge on any atom is -0.507 e. The number of carbonyl (C=O) groups excluding carboxylic acids is 3. The van der Waals surface area contributed by atoms with Crippen molar-refractivity contribution in [2.75, 3.05) is 18.1 Å². The fourth-order valence-corrected chi connectivity index (χ4v) is 4.87. The Kier molecular flexibility index (Phi) is 7.49. The second-order valence-corrected chi connectivity index (χ2v) is 8.95. The number of hydrogen-bond donors (Lipinski definition) is 1. The van der Waals surface area contributed by atoms with E-state index in [1.54, 1.807) is 44.2 Å². The molecular formula is C27H23FN2O6S. The average Bonchev–Trinajstić information content (AvgIpc) is 3.40. The maximum Gasteiger partial charge on any atom is 0.350 e. The lowest BCUT2D eigenvalue weighted by Crippen LogP contribution is -2.29. The fourth-order valence-electron chi connectivity index (χ4n) is 3.88. The molecule has 4 rings (SSSR count). The van der Waals surface area contributed by atoms with Crippen molar-refractivity contribution >= 4 is 39.9 Å². The Bertz CT molecular complexity index is 1400. The van der Waals surface area contributed by atoms with Gasteiger partial charge in [0, 0.05) is 5.56 Å². The molecule has 1 aliphatic heterocycles. The molecule has 1 N–H and O–H groups in total. The lowest BCUT2D eigenvalue weighted by molar-refractivity contribution is -0.132. The number of aromatic nitrogens is 1. The number of aliphatic hydroxyl groups is 1. The number of nitrogens with zero attached hydrogens (tertiary/aromatic N) is 2. The lowest BCUT2D eigenvalue weighted by Gasteiger charge is -2.23. The van der Waals surface area contributed by atoms with Gasteiger partial charge in [0.25, 0.3) is 5.78 Å². The predicted octanol–water partition coefficient (Wildman–Crippen LogP) is 4.96. The molecule has 1 aliphatic rings. The lowest BCUT2D eigenvalue weighted by atomic mass is 9.95.